The molecule has 0 aromatic heterocycles. The Kier molecular flexibility index (Phi) is 4.35. The van der Waals surface area contributed by atoms with Crippen molar-refractivity contribution >= 4 is 14.2 Å². The number of rotatable bonds is 3. The molecule has 122 valence electrons. The van der Waals surface area contributed by atoms with Crippen LogP contribution in [0.5, 0.6) is 0 Å². The fraction of sp³-hybridized carbons (Fsp3) is 0.941. The molecule has 21 heavy (non-hydrogen) atoms. The van der Waals surface area contributed by atoms with E-state index in [-0.39, 0.29) is 10.5 Å². The zero-order valence-electron chi connectivity index (χ0n) is 15.0. The minimum atomic E-state index is -1.67. The summed E-state index contributed by atoms with van der Waals surface area (Å²) in [6, 6.07) is 0.483. The molecule has 2 aliphatic heterocycles. The van der Waals surface area contributed by atoms with Gasteiger partial charge in [0.05, 0.1) is 0 Å². The van der Waals surface area contributed by atoms with Gasteiger partial charge in [-0.25, -0.2) is 0 Å². The first-order chi connectivity index (χ1) is 9.44. The van der Waals surface area contributed by atoms with Crippen LogP contribution in [0, 0.1) is 11.3 Å². The van der Waals surface area contributed by atoms with Gasteiger partial charge in [-0.2, -0.15) is 0 Å². The highest BCUT2D eigenvalue weighted by atomic mass is 28.4. The van der Waals surface area contributed by atoms with Crippen molar-refractivity contribution in [3.8, 4) is 0 Å². The zero-order valence-corrected chi connectivity index (χ0v) is 16.0. The molecule has 0 radical (unpaired) electrons. The summed E-state index contributed by atoms with van der Waals surface area (Å²) >= 11 is 0. The predicted molar refractivity (Wildman–Crippen MR) is 89.8 cm³/mol. The molecule has 0 aromatic rings. The van der Waals surface area contributed by atoms with E-state index in [4.69, 9.17) is 4.43 Å². The summed E-state index contributed by atoms with van der Waals surface area (Å²) in [5.74, 6) is 0.873. The lowest BCUT2D eigenvalue weighted by Gasteiger charge is -2.40. The highest BCUT2D eigenvalue weighted by Gasteiger charge is 2.47. The first kappa shape index (κ1) is 17.0. The molecule has 2 rings (SSSR count). The van der Waals surface area contributed by atoms with Crippen molar-refractivity contribution in [2.45, 2.75) is 78.1 Å². The SMILES string of the molecule is CC1(C)C[C@@H]2CC[C@@H](CO[Si](C)(C)C(C)(C)C)CN2C1=O. The smallest absolute Gasteiger partial charge is 0.228 e. The molecule has 0 aromatic carbocycles. The summed E-state index contributed by atoms with van der Waals surface area (Å²) < 4.78 is 6.37. The largest absolute Gasteiger partial charge is 0.416 e. The molecule has 2 saturated heterocycles. The number of carbonyl (C=O) groups is 1. The quantitative estimate of drug-likeness (QED) is 0.736. The number of fused-ring (bicyclic) bond motifs is 1. The number of hydrogen-bond donors (Lipinski definition) is 0. The van der Waals surface area contributed by atoms with Crippen LogP contribution in [-0.4, -0.2) is 38.3 Å². The Bertz CT molecular complexity index is 412. The van der Waals surface area contributed by atoms with Gasteiger partial charge in [-0.3, -0.25) is 4.79 Å². The summed E-state index contributed by atoms with van der Waals surface area (Å²) in [6.07, 6.45) is 3.39. The highest BCUT2D eigenvalue weighted by Crippen LogP contribution is 2.41. The third-order valence-corrected chi connectivity index (χ3v) is 10.4. The van der Waals surface area contributed by atoms with Crippen LogP contribution >= 0.6 is 0 Å². The fourth-order valence-electron chi connectivity index (χ4n) is 3.31. The van der Waals surface area contributed by atoms with E-state index in [9.17, 15) is 4.79 Å². The van der Waals surface area contributed by atoms with E-state index in [0.717, 1.165) is 26.0 Å². The molecule has 2 aliphatic rings. The number of nitrogens with zero attached hydrogens (tertiary/aromatic N) is 1. The maximum Gasteiger partial charge on any atom is 0.228 e. The van der Waals surface area contributed by atoms with E-state index < -0.39 is 8.32 Å². The summed E-state index contributed by atoms with van der Waals surface area (Å²) in [5, 5.41) is 0.260. The van der Waals surface area contributed by atoms with Gasteiger partial charge in [-0.15, -0.1) is 0 Å². The second kappa shape index (κ2) is 5.38. The monoisotopic (exact) mass is 311 g/mol. The molecular formula is C17H33NO2Si. The van der Waals surface area contributed by atoms with Crippen molar-refractivity contribution in [1.82, 2.24) is 4.90 Å². The Morgan fingerprint density at radius 3 is 2.48 bits per heavy atom. The number of carbonyl (C=O) groups excluding carboxylic acids is 1. The van der Waals surface area contributed by atoms with E-state index in [0.29, 0.717) is 17.9 Å². The van der Waals surface area contributed by atoms with Crippen LogP contribution in [0.3, 0.4) is 0 Å². The Balaban J connectivity index is 1.93. The highest BCUT2D eigenvalue weighted by molar-refractivity contribution is 6.74. The van der Waals surface area contributed by atoms with Crippen LogP contribution < -0.4 is 0 Å². The Morgan fingerprint density at radius 2 is 1.90 bits per heavy atom. The third kappa shape index (κ3) is 3.36. The minimum Gasteiger partial charge on any atom is -0.416 e. The Labute approximate surface area is 131 Å². The van der Waals surface area contributed by atoms with Crippen molar-refractivity contribution in [3.63, 3.8) is 0 Å². The van der Waals surface area contributed by atoms with E-state index in [1.807, 2.05) is 0 Å². The van der Waals surface area contributed by atoms with Crippen molar-refractivity contribution in [2.75, 3.05) is 13.2 Å². The average molecular weight is 312 g/mol. The Morgan fingerprint density at radius 1 is 1.29 bits per heavy atom. The normalized spacial score (nSPS) is 29.7. The van der Waals surface area contributed by atoms with E-state index in [1.165, 1.54) is 6.42 Å². The zero-order chi connectivity index (χ0) is 16.1. The van der Waals surface area contributed by atoms with Gasteiger partial charge >= 0.3 is 0 Å². The second-order valence-corrected chi connectivity index (χ2v) is 14.0. The van der Waals surface area contributed by atoms with Crippen LogP contribution in [0.4, 0.5) is 0 Å². The molecule has 0 unspecified atom stereocenters. The van der Waals surface area contributed by atoms with Crippen LogP contribution in [0.1, 0.15) is 53.9 Å². The fourth-order valence-corrected chi connectivity index (χ4v) is 4.39. The van der Waals surface area contributed by atoms with Crippen LogP contribution in [-0.2, 0) is 9.22 Å². The van der Waals surface area contributed by atoms with Crippen molar-refractivity contribution in [3.05, 3.63) is 0 Å². The van der Waals surface area contributed by atoms with Gasteiger partial charge in [0.15, 0.2) is 8.32 Å². The lowest BCUT2D eigenvalue weighted by molar-refractivity contribution is -0.137. The maximum atomic E-state index is 12.5. The maximum absolute atomic E-state index is 12.5. The van der Waals surface area contributed by atoms with Gasteiger partial charge in [0, 0.05) is 24.6 Å². The standard InChI is InChI=1S/C17H33NO2Si/c1-16(2,3)21(6,7)20-12-13-8-9-14-10-17(4,5)15(19)18(14)11-13/h13-14H,8-12H2,1-7H3/t13-,14+/m1/s1. The van der Waals surface area contributed by atoms with Gasteiger partial charge < -0.3 is 9.33 Å². The number of piperidine rings is 1. The molecule has 2 fully saturated rings. The lowest BCUT2D eigenvalue weighted by Crippen LogP contribution is -2.46. The molecule has 0 bridgehead atoms. The lowest BCUT2D eigenvalue weighted by atomic mass is 9.87. The third-order valence-electron chi connectivity index (χ3n) is 5.88. The summed E-state index contributed by atoms with van der Waals surface area (Å²) in [4.78, 5) is 14.6. The van der Waals surface area contributed by atoms with Crippen molar-refractivity contribution < 1.29 is 9.22 Å². The number of hydrogen-bond acceptors (Lipinski definition) is 2. The van der Waals surface area contributed by atoms with E-state index in [2.05, 4.69) is 52.6 Å². The second-order valence-electron chi connectivity index (χ2n) is 9.21. The molecule has 2 heterocycles. The molecule has 0 saturated carbocycles. The predicted octanol–water partition coefficient (Wildman–Crippen LogP) is 4.05. The Hall–Kier alpha value is -0.353. The van der Waals surface area contributed by atoms with Gasteiger partial charge in [0.25, 0.3) is 0 Å². The number of amides is 1. The summed E-state index contributed by atoms with van der Waals surface area (Å²) in [5.41, 5.74) is -0.153. The van der Waals surface area contributed by atoms with Gasteiger partial charge in [0.1, 0.15) is 0 Å². The minimum absolute atomic E-state index is 0.153. The molecule has 4 heteroatoms. The first-order valence-electron chi connectivity index (χ1n) is 8.39. The molecule has 3 nitrogen and oxygen atoms in total. The van der Waals surface area contributed by atoms with Gasteiger partial charge in [0.2, 0.25) is 5.91 Å². The topological polar surface area (TPSA) is 29.5 Å². The molecule has 0 aliphatic carbocycles. The summed E-state index contributed by atoms with van der Waals surface area (Å²) in [7, 11) is -1.67. The molecule has 0 spiro atoms. The van der Waals surface area contributed by atoms with Crippen LogP contribution in [0.2, 0.25) is 18.1 Å². The van der Waals surface area contributed by atoms with Gasteiger partial charge in [-0.1, -0.05) is 34.6 Å². The molecule has 1 amide bonds. The van der Waals surface area contributed by atoms with E-state index >= 15 is 0 Å². The van der Waals surface area contributed by atoms with Crippen molar-refractivity contribution in [2.24, 2.45) is 11.3 Å². The van der Waals surface area contributed by atoms with Crippen molar-refractivity contribution in [1.29, 1.82) is 0 Å². The van der Waals surface area contributed by atoms with Crippen LogP contribution in [0.25, 0.3) is 0 Å². The summed E-state index contributed by atoms with van der Waals surface area (Å²) in [6.45, 7) is 17.4. The van der Waals surface area contributed by atoms with E-state index in [1.54, 1.807) is 0 Å². The molecule has 2 atom stereocenters. The molecular weight excluding hydrogens is 278 g/mol. The molecule has 0 N–H and O–H groups in total. The first-order valence-corrected chi connectivity index (χ1v) is 11.3. The van der Waals surface area contributed by atoms with Crippen LogP contribution in [0.15, 0.2) is 0 Å². The van der Waals surface area contributed by atoms with Gasteiger partial charge in [-0.05, 0) is 43.3 Å². The average Bonchev–Trinajstić information content (AvgIpc) is 2.56.